The van der Waals surface area contributed by atoms with Crippen molar-refractivity contribution in [2.45, 2.75) is 32.0 Å². The van der Waals surface area contributed by atoms with Crippen molar-refractivity contribution < 1.29 is 21.6 Å². The van der Waals surface area contributed by atoms with Crippen LogP contribution in [0.15, 0.2) is 18.2 Å². The molecule has 0 aromatic heterocycles. The van der Waals surface area contributed by atoms with E-state index in [2.05, 4.69) is 4.72 Å². The lowest BCUT2D eigenvalue weighted by molar-refractivity contribution is -0.137. The topological polar surface area (TPSA) is 73.2 Å². The summed E-state index contributed by atoms with van der Waals surface area (Å²) < 4.78 is 64.0. The Morgan fingerprint density at radius 1 is 1.33 bits per heavy atom. The zero-order valence-corrected chi connectivity index (χ0v) is 13.9. The van der Waals surface area contributed by atoms with Crippen LogP contribution in [-0.2, 0) is 16.2 Å². The Balaban J connectivity index is 2.11. The summed E-state index contributed by atoms with van der Waals surface area (Å²) in [6.07, 6.45) is -3.42. The Morgan fingerprint density at radius 3 is 2.46 bits per heavy atom. The van der Waals surface area contributed by atoms with E-state index in [1.165, 1.54) is 6.07 Å². The lowest BCUT2D eigenvalue weighted by Crippen LogP contribution is -2.45. The molecule has 0 spiro atoms. The van der Waals surface area contributed by atoms with Gasteiger partial charge in [-0.3, -0.25) is 0 Å². The van der Waals surface area contributed by atoms with Gasteiger partial charge in [-0.2, -0.15) is 18.4 Å². The van der Waals surface area contributed by atoms with Gasteiger partial charge in [0.05, 0.1) is 22.6 Å². The second kappa shape index (κ2) is 6.99. The molecule has 1 aromatic rings. The van der Waals surface area contributed by atoms with Gasteiger partial charge in [-0.1, -0.05) is 0 Å². The summed E-state index contributed by atoms with van der Waals surface area (Å²) in [6, 6.07) is 4.73. The molecule has 5 nitrogen and oxygen atoms in total. The molecule has 1 N–H and O–H groups in total. The zero-order chi connectivity index (χ0) is 18.0. The first kappa shape index (κ1) is 18.5. The van der Waals surface area contributed by atoms with Gasteiger partial charge >= 0.3 is 6.18 Å². The minimum atomic E-state index is -4.49. The maximum atomic E-state index is 12.7. The summed E-state index contributed by atoms with van der Waals surface area (Å²) in [7, 11) is -3.28. The van der Waals surface area contributed by atoms with Gasteiger partial charge in [0.2, 0.25) is 10.0 Å². The number of benzene rings is 1. The molecule has 0 unspecified atom stereocenters. The minimum absolute atomic E-state index is 0.00466. The molecule has 0 saturated carbocycles. The summed E-state index contributed by atoms with van der Waals surface area (Å²) in [5, 5.41) is 9.14. The Labute approximate surface area is 139 Å². The van der Waals surface area contributed by atoms with Crippen molar-refractivity contribution in [1.29, 1.82) is 5.26 Å². The molecule has 9 heteroatoms. The van der Waals surface area contributed by atoms with Crippen molar-refractivity contribution in [2.75, 3.05) is 23.7 Å². The average Bonchev–Trinajstić information content (AvgIpc) is 2.54. The number of nitrogens with zero attached hydrogens (tertiary/aromatic N) is 2. The maximum Gasteiger partial charge on any atom is 0.416 e. The van der Waals surface area contributed by atoms with Crippen molar-refractivity contribution in [3.05, 3.63) is 29.3 Å². The number of nitriles is 1. The third kappa shape index (κ3) is 4.39. The molecule has 0 aliphatic carbocycles. The first-order chi connectivity index (χ1) is 11.2. The number of anilines is 1. The van der Waals surface area contributed by atoms with Crippen LogP contribution in [0.4, 0.5) is 18.9 Å². The number of rotatable bonds is 4. The van der Waals surface area contributed by atoms with Crippen LogP contribution in [0.25, 0.3) is 0 Å². The van der Waals surface area contributed by atoms with E-state index in [1.807, 2.05) is 11.0 Å². The number of halogens is 3. The first-order valence-corrected chi connectivity index (χ1v) is 9.18. The van der Waals surface area contributed by atoms with Crippen LogP contribution in [0.1, 0.15) is 30.9 Å². The van der Waals surface area contributed by atoms with Crippen LogP contribution in [-0.4, -0.2) is 33.3 Å². The number of nitrogens with one attached hydrogen (secondary N) is 1. The van der Waals surface area contributed by atoms with E-state index >= 15 is 0 Å². The number of hydrogen-bond donors (Lipinski definition) is 1. The molecule has 1 aromatic carbocycles. The highest BCUT2D eigenvalue weighted by atomic mass is 32.2. The first-order valence-electron chi connectivity index (χ1n) is 7.52. The molecule has 0 bridgehead atoms. The molecule has 1 saturated heterocycles. The fraction of sp³-hybridized carbons (Fsp3) is 0.533. The number of hydrogen-bond acceptors (Lipinski definition) is 4. The van der Waals surface area contributed by atoms with Gasteiger partial charge in [0.1, 0.15) is 6.07 Å². The van der Waals surface area contributed by atoms with Crippen LogP contribution in [0.2, 0.25) is 0 Å². The standard InChI is InChI=1S/C15H18F3N3O2S/c1-2-24(22,23)20-13-5-7-21(8-6-13)14-4-3-12(15(16,17)18)9-11(14)10-19/h3-4,9,13,20H,2,5-8H2,1H3. The molecule has 24 heavy (non-hydrogen) atoms. The van der Waals surface area contributed by atoms with Crippen molar-refractivity contribution in [2.24, 2.45) is 0 Å². The van der Waals surface area contributed by atoms with Crippen LogP contribution in [0.5, 0.6) is 0 Å². The summed E-state index contributed by atoms with van der Waals surface area (Å²) >= 11 is 0. The predicted molar refractivity (Wildman–Crippen MR) is 84.0 cm³/mol. The van der Waals surface area contributed by atoms with E-state index < -0.39 is 21.8 Å². The van der Waals surface area contributed by atoms with Crippen molar-refractivity contribution in [1.82, 2.24) is 4.72 Å². The highest BCUT2D eigenvalue weighted by molar-refractivity contribution is 7.89. The molecule has 1 aliphatic heterocycles. The quantitative estimate of drug-likeness (QED) is 0.894. The Kier molecular flexibility index (Phi) is 5.40. The maximum absolute atomic E-state index is 12.7. The van der Waals surface area contributed by atoms with Gasteiger partial charge in [0.15, 0.2) is 0 Å². The lowest BCUT2D eigenvalue weighted by atomic mass is 10.0. The van der Waals surface area contributed by atoms with Gasteiger partial charge in [0.25, 0.3) is 0 Å². The molecule has 1 aliphatic rings. The fourth-order valence-corrected chi connectivity index (χ4v) is 3.56. The SMILES string of the molecule is CCS(=O)(=O)NC1CCN(c2ccc(C(F)(F)F)cc2C#N)CC1. The zero-order valence-electron chi connectivity index (χ0n) is 13.1. The predicted octanol–water partition coefficient (Wildman–Crippen LogP) is 2.49. The van der Waals surface area contributed by atoms with Gasteiger partial charge in [-0.05, 0) is 38.0 Å². The monoisotopic (exact) mass is 361 g/mol. The second-order valence-electron chi connectivity index (χ2n) is 5.62. The molecule has 1 fully saturated rings. The Hall–Kier alpha value is -1.79. The van der Waals surface area contributed by atoms with Gasteiger partial charge in [-0.15, -0.1) is 0 Å². The molecular formula is C15H18F3N3O2S. The molecule has 0 atom stereocenters. The third-order valence-corrected chi connectivity index (χ3v) is 5.46. The minimum Gasteiger partial charge on any atom is -0.370 e. The average molecular weight is 361 g/mol. The van der Waals surface area contributed by atoms with E-state index in [0.29, 0.717) is 31.6 Å². The third-order valence-electron chi connectivity index (χ3n) is 4.01. The molecule has 2 rings (SSSR count). The van der Waals surface area contributed by atoms with Crippen molar-refractivity contribution in [3.63, 3.8) is 0 Å². The molecule has 0 amide bonds. The largest absolute Gasteiger partial charge is 0.416 e. The fourth-order valence-electron chi connectivity index (χ4n) is 2.65. The number of piperidine rings is 1. The van der Waals surface area contributed by atoms with Gasteiger partial charge in [0, 0.05) is 19.1 Å². The Morgan fingerprint density at radius 2 is 1.96 bits per heavy atom. The molecule has 132 valence electrons. The van der Waals surface area contributed by atoms with E-state index in [-0.39, 0.29) is 17.4 Å². The summed E-state index contributed by atoms with van der Waals surface area (Å²) in [6.45, 7) is 2.49. The second-order valence-corrected chi connectivity index (χ2v) is 7.67. The Bertz CT molecular complexity index is 733. The summed E-state index contributed by atoms with van der Waals surface area (Å²) in [5.74, 6) is 0.00466. The van der Waals surface area contributed by atoms with Crippen LogP contribution in [0, 0.1) is 11.3 Å². The van der Waals surface area contributed by atoms with Crippen molar-refractivity contribution >= 4 is 15.7 Å². The van der Waals surface area contributed by atoms with Crippen LogP contribution in [0.3, 0.4) is 0 Å². The van der Waals surface area contributed by atoms with Crippen LogP contribution >= 0.6 is 0 Å². The van der Waals surface area contributed by atoms with Gasteiger partial charge < -0.3 is 4.90 Å². The van der Waals surface area contributed by atoms with E-state index in [9.17, 15) is 21.6 Å². The smallest absolute Gasteiger partial charge is 0.370 e. The normalized spacial score (nSPS) is 16.9. The molecule has 0 radical (unpaired) electrons. The highest BCUT2D eigenvalue weighted by Gasteiger charge is 2.32. The van der Waals surface area contributed by atoms with E-state index in [4.69, 9.17) is 5.26 Å². The molecule has 1 heterocycles. The van der Waals surface area contributed by atoms with E-state index in [0.717, 1.165) is 12.1 Å². The van der Waals surface area contributed by atoms with Crippen molar-refractivity contribution in [3.8, 4) is 6.07 Å². The summed E-state index contributed by atoms with van der Waals surface area (Å²) in [4.78, 5) is 1.81. The number of sulfonamides is 1. The van der Waals surface area contributed by atoms with Gasteiger partial charge in [-0.25, -0.2) is 13.1 Å². The number of alkyl halides is 3. The highest BCUT2D eigenvalue weighted by Crippen LogP contribution is 2.33. The van der Waals surface area contributed by atoms with Crippen LogP contribution < -0.4 is 9.62 Å². The molecular weight excluding hydrogens is 343 g/mol. The van der Waals surface area contributed by atoms with E-state index in [1.54, 1.807) is 6.92 Å². The lowest BCUT2D eigenvalue weighted by Gasteiger charge is -2.34. The summed E-state index contributed by atoms with van der Waals surface area (Å²) in [5.41, 5.74) is -0.437.